The third-order valence-electron chi connectivity index (χ3n) is 2.76. The molecule has 20 heavy (non-hydrogen) atoms. The number of amidine groups is 1. The topological polar surface area (TPSA) is 79.9 Å². The Morgan fingerprint density at radius 1 is 1.30 bits per heavy atom. The SMILES string of the molecule is NC(=Nc1ccc(F)c(Cl)c1)c1ccnc2nc[nH]c12. The van der Waals surface area contributed by atoms with Crippen LogP contribution in [-0.4, -0.2) is 20.8 Å². The molecule has 1 aromatic carbocycles. The molecule has 0 unspecified atom stereocenters. The average Bonchev–Trinajstić information content (AvgIpc) is 2.91. The van der Waals surface area contributed by atoms with Gasteiger partial charge in [0, 0.05) is 11.8 Å². The van der Waals surface area contributed by atoms with E-state index in [-0.39, 0.29) is 10.9 Å². The zero-order valence-corrected chi connectivity index (χ0v) is 10.9. The molecule has 0 atom stereocenters. The van der Waals surface area contributed by atoms with E-state index in [0.717, 1.165) is 0 Å². The Labute approximate surface area is 118 Å². The minimum absolute atomic E-state index is 0.000431. The Morgan fingerprint density at radius 3 is 2.95 bits per heavy atom. The molecule has 100 valence electrons. The van der Waals surface area contributed by atoms with Crippen LogP contribution in [0, 0.1) is 5.82 Å². The minimum Gasteiger partial charge on any atom is -0.383 e. The van der Waals surface area contributed by atoms with Crippen LogP contribution in [0.2, 0.25) is 5.02 Å². The van der Waals surface area contributed by atoms with Gasteiger partial charge < -0.3 is 10.7 Å². The van der Waals surface area contributed by atoms with Crippen molar-refractivity contribution >= 4 is 34.3 Å². The molecule has 3 N–H and O–H groups in total. The van der Waals surface area contributed by atoms with Gasteiger partial charge in [-0.15, -0.1) is 0 Å². The van der Waals surface area contributed by atoms with Gasteiger partial charge in [-0.1, -0.05) is 11.6 Å². The largest absolute Gasteiger partial charge is 0.383 e. The van der Waals surface area contributed by atoms with Gasteiger partial charge in [-0.3, -0.25) is 0 Å². The highest BCUT2D eigenvalue weighted by Crippen LogP contribution is 2.22. The summed E-state index contributed by atoms with van der Waals surface area (Å²) in [5.41, 5.74) is 8.37. The van der Waals surface area contributed by atoms with E-state index in [2.05, 4.69) is 19.9 Å². The molecular weight excluding hydrogens is 281 g/mol. The average molecular weight is 290 g/mol. The summed E-state index contributed by atoms with van der Waals surface area (Å²) in [5.74, 6) is -0.228. The van der Waals surface area contributed by atoms with Crippen LogP contribution in [0.3, 0.4) is 0 Å². The molecule has 0 saturated carbocycles. The zero-order valence-electron chi connectivity index (χ0n) is 10.1. The van der Waals surface area contributed by atoms with Crippen molar-refractivity contribution in [1.82, 2.24) is 15.0 Å². The second-order valence-corrected chi connectivity index (χ2v) is 4.46. The molecule has 0 saturated heterocycles. The third kappa shape index (κ3) is 2.21. The first kappa shape index (κ1) is 12.6. The third-order valence-corrected chi connectivity index (χ3v) is 3.05. The first-order chi connectivity index (χ1) is 9.65. The number of H-pyrrole nitrogens is 1. The van der Waals surface area contributed by atoms with Crippen molar-refractivity contribution in [3.63, 3.8) is 0 Å². The summed E-state index contributed by atoms with van der Waals surface area (Å²) in [6.45, 7) is 0. The van der Waals surface area contributed by atoms with Crippen molar-refractivity contribution in [3.05, 3.63) is 53.2 Å². The van der Waals surface area contributed by atoms with Crippen LogP contribution in [0.1, 0.15) is 5.56 Å². The summed E-state index contributed by atoms with van der Waals surface area (Å²) in [6.07, 6.45) is 3.13. The van der Waals surface area contributed by atoms with Gasteiger partial charge in [0.05, 0.1) is 22.6 Å². The fourth-order valence-electron chi connectivity index (χ4n) is 1.82. The van der Waals surface area contributed by atoms with Crippen LogP contribution < -0.4 is 5.73 Å². The molecule has 0 radical (unpaired) electrons. The zero-order chi connectivity index (χ0) is 14.1. The Kier molecular flexibility index (Phi) is 3.08. The number of pyridine rings is 1. The van der Waals surface area contributed by atoms with Gasteiger partial charge in [0.25, 0.3) is 0 Å². The van der Waals surface area contributed by atoms with Crippen LogP contribution in [0.15, 0.2) is 41.8 Å². The number of aromatic nitrogens is 3. The maximum Gasteiger partial charge on any atom is 0.178 e. The van der Waals surface area contributed by atoms with Gasteiger partial charge in [-0.25, -0.2) is 19.4 Å². The molecule has 0 spiro atoms. The summed E-state index contributed by atoms with van der Waals surface area (Å²) in [7, 11) is 0. The number of aliphatic imine (C=N–C) groups is 1. The highest BCUT2D eigenvalue weighted by atomic mass is 35.5. The standard InChI is InChI=1S/C13H9ClFN5/c14-9-5-7(1-2-10(9)15)20-12(16)8-3-4-17-13-11(8)18-6-19-13/h1-6H,(H2,16,20)(H,17,18,19). The van der Waals surface area contributed by atoms with Gasteiger partial charge in [0.1, 0.15) is 11.7 Å². The van der Waals surface area contributed by atoms with Crippen molar-refractivity contribution in [2.75, 3.05) is 0 Å². The number of hydrogen-bond acceptors (Lipinski definition) is 3. The van der Waals surface area contributed by atoms with Crippen molar-refractivity contribution in [2.45, 2.75) is 0 Å². The number of hydrogen-bond donors (Lipinski definition) is 2. The van der Waals surface area contributed by atoms with E-state index in [4.69, 9.17) is 17.3 Å². The number of rotatable bonds is 2. The highest BCUT2D eigenvalue weighted by molar-refractivity contribution is 6.31. The van der Waals surface area contributed by atoms with E-state index >= 15 is 0 Å². The number of imidazole rings is 1. The number of nitrogens with two attached hydrogens (primary N) is 1. The van der Waals surface area contributed by atoms with Gasteiger partial charge in [-0.05, 0) is 24.3 Å². The molecule has 0 amide bonds. The van der Waals surface area contributed by atoms with E-state index in [1.165, 1.54) is 24.5 Å². The first-order valence-electron chi connectivity index (χ1n) is 5.73. The molecule has 7 heteroatoms. The molecule has 3 aromatic rings. The van der Waals surface area contributed by atoms with E-state index in [0.29, 0.717) is 22.4 Å². The fraction of sp³-hybridized carbons (Fsp3) is 0. The maximum absolute atomic E-state index is 13.1. The summed E-state index contributed by atoms with van der Waals surface area (Å²) < 4.78 is 13.1. The van der Waals surface area contributed by atoms with Crippen molar-refractivity contribution in [2.24, 2.45) is 10.7 Å². The first-order valence-corrected chi connectivity index (χ1v) is 6.10. The van der Waals surface area contributed by atoms with Crippen LogP contribution in [0.5, 0.6) is 0 Å². The quantitative estimate of drug-likeness (QED) is 0.562. The van der Waals surface area contributed by atoms with Crippen LogP contribution in [0.4, 0.5) is 10.1 Å². The van der Waals surface area contributed by atoms with Crippen LogP contribution >= 0.6 is 11.6 Å². The number of aromatic amines is 1. The fourth-order valence-corrected chi connectivity index (χ4v) is 1.99. The van der Waals surface area contributed by atoms with Crippen LogP contribution in [-0.2, 0) is 0 Å². The molecule has 0 bridgehead atoms. The Hall–Kier alpha value is -2.47. The van der Waals surface area contributed by atoms with Crippen molar-refractivity contribution < 1.29 is 4.39 Å². The molecule has 0 aliphatic heterocycles. The Morgan fingerprint density at radius 2 is 2.15 bits per heavy atom. The van der Waals surface area contributed by atoms with E-state index in [1.807, 2.05) is 0 Å². The predicted octanol–water partition coefficient (Wildman–Crippen LogP) is 2.79. The number of nitrogens with zero attached hydrogens (tertiary/aromatic N) is 3. The monoisotopic (exact) mass is 289 g/mol. The number of fused-ring (bicyclic) bond motifs is 1. The lowest BCUT2D eigenvalue weighted by atomic mass is 10.2. The second-order valence-electron chi connectivity index (χ2n) is 4.06. The lowest BCUT2D eigenvalue weighted by Gasteiger charge is -2.03. The lowest BCUT2D eigenvalue weighted by molar-refractivity contribution is 0.628. The van der Waals surface area contributed by atoms with E-state index in [1.54, 1.807) is 12.3 Å². The minimum atomic E-state index is -0.496. The number of nitrogens with one attached hydrogen (secondary N) is 1. The number of benzene rings is 1. The van der Waals surface area contributed by atoms with Crippen LogP contribution in [0.25, 0.3) is 11.2 Å². The molecule has 0 aliphatic rings. The van der Waals surface area contributed by atoms with Crippen molar-refractivity contribution in [3.8, 4) is 0 Å². The van der Waals surface area contributed by atoms with Gasteiger partial charge in [-0.2, -0.15) is 0 Å². The Balaban J connectivity index is 2.07. The molecule has 5 nitrogen and oxygen atoms in total. The second kappa shape index (κ2) is 4.90. The van der Waals surface area contributed by atoms with E-state index in [9.17, 15) is 4.39 Å². The maximum atomic E-state index is 13.1. The predicted molar refractivity (Wildman–Crippen MR) is 75.7 cm³/mol. The van der Waals surface area contributed by atoms with Gasteiger partial charge >= 0.3 is 0 Å². The lowest BCUT2D eigenvalue weighted by Crippen LogP contribution is -2.13. The summed E-state index contributed by atoms with van der Waals surface area (Å²) in [6, 6.07) is 5.88. The van der Waals surface area contributed by atoms with Crippen molar-refractivity contribution in [1.29, 1.82) is 0 Å². The molecule has 2 aromatic heterocycles. The van der Waals surface area contributed by atoms with Gasteiger partial charge in [0.2, 0.25) is 0 Å². The normalized spacial score (nSPS) is 12.0. The molecular formula is C13H9ClFN5. The van der Waals surface area contributed by atoms with Gasteiger partial charge in [0.15, 0.2) is 5.65 Å². The number of halogens is 2. The Bertz CT molecular complexity index is 811. The summed E-state index contributed by atoms with van der Waals surface area (Å²) in [4.78, 5) is 15.3. The van der Waals surface area contributed by atoms with E-state index < -0.39 is 5.82 Å². The smallest absolute Gasteiger partial charge is 0.178 e. The highest BCUT2D eigenvalue weighted by Gasteiger charge is 2.08. The summed E-state index contributed by atoms with van der Waals surface area (Å²) >= 11 is 5.71. The summed E-state index contributed by atoms with van der Waals surface area (Å²) in [5, 5.41) is 0.000431. The molecule has 3 rings (SSSR count). The molecule has 0 fully saturated rings. The molecule has 0 aliphatic carbocycles. The molecule has 2 heterocycles.